The standard InChI is InChI=1S/C23H28N4O2/c1-23(2,3)13-20(28)24-18-12-19(27(4)14-18)22-25-21(26-29-22)17-10-9-15-7-5-6-8-16(15)11-17/h5-11,18-19H,12-14H2,1-4H3,(H,24,28)/t18-,19+/m1/s1. The van der Waals surface area contributed by atoms with Crippen molar-refractivity contribution in [3.63, 3.8) is 0 Å². The Labute approximate surface area is 171 Å². The quantitative estimate of drug-likeness (QED) is 0.721. The summed E-state index contributed by atoms with van der Waals surface area (Å²) in [4.78, 5) is 19.1. The summed E-state index contributed by atoms with van der Waals surface area (Å²) in [6.07, 6.45) is 1.29. The molecule has 0 saturated carbocycles. The van der Waals surface area contributed by atoms with E-state index in [0.29, 0.717) is 18.1 Å². The maximum Gasteiger partial charge on any atom is 0.244 e. The zero-order chi connectivity index (χ0) is 20.6. The van der Waals surface area contributed by atoms with Gasteiger partial charge in [-0.3, -0.25) is 9.69 Å². The van der Waals surface area contributed by atoms with E-state index in [0.717, 1.165) is 23.9 Å². The van der Waals surface area contributed by atoms with Gasteiger partial charge in [0.1, 0.15) is 0 Å². The van der Waals surface area contributed by atoms with E-state index in [9.17, 15) is 4.79 Å². The van der Waals surface area contributed by atoms with Crippen LogP contribution < -0.4 is 5.32 Å². The van der Waals surface area contributed by atoms with Crippen LogP contribution in [-0.4, -0.2) is 40.6 Å². The molecule has 0 unspecified atom stereocenters. The molecule has 0 aliphatic carbocycles. The number of carbonyl (C=O) groups is 1. The SMILES string of the molecule is CN1C[C@H](NC(=O)CC(C)(C)C)C[C@H]1c1nc(-c2ccc3ccccc3c2)no1. The van der Waals surface area contributed by atoms with Crippen molar-refractivity contribution in [2.45, 2.75) is 45.7 Å². The van der Waals surface area contributed by atoms with Crippen LogP contribution in [0.1, 0.15) is 45.5 Å². The molecule has 1 aliphatic rings. The molecule has 2 atom stereocenters. The highest BCUT2D eigenvalue weighted by Crippen LogP contribution is 2.32. The Morgan fingerprint density at radius 3 is 2.72 bits per heavy atom. The molecule has 3 aromatic rings. The lowest BCUT2D eigenvalue weighted by Crippen LogP contribution is -2.38. The Kier molecular flexibility index (Phi) is 5.13. The first kappa shape index (κ1) is 19.6. The summed E-state index contributed by atoms with van der Waals surface area (Å²) in [5.74, 6) is 1.29. The summed E-state index contributed by atoms with van der Waals surface area (Å²) in [5.41, 5.74) is 0.921. The van der Waals surface area contributed by atoms with Gasteiger partial charge in [-0.25, -0.2) is 0 Å². The monoisotopic (exact) mass is 392 g/mol. The molecule has 6 nitrogen and oxygen atoms in total. The Balaban J connectivity index is 1.46. The molecular weight excluding hydrogens is 364 g/mol. The summed E-state index contributed by atoms with van der Waals surface area (Å²) in [7, 11) is 2.03. The van der Waals surface area contributed by atoms with Crippen molar-refractivity contribution in [1.82, 2.24) is 20.4 Å². The number of likely N-dealkylation sites (N-methyl/N-ethyl adjacent to an activating group) is 1. The van der Waals surface area contributed by atoms with Crippen LogP contribution in [0.4, 0.5) is 0 Å². The molecule has 6 heteroatoms. The third kappa shape index (κ3) is 4.48. The maximum atomic E-state index is 12.3. The van der Waals surface area contributed by atoms with Crippen LogP contribution in [0.5, 0.6) is 0 Å². The summed E-state index contributed by atoms with van der Waals surface area (Å²) >= 11 is 0. The van der Waals surface area contributed by atoms with E-state index in [1.807, 2.05) is 25.2 Å². The van der Waals surface area contributed by atoms with Crippen molar-refractivity contribution in [2.24, 2.45) is 5.41 Å². The lowest BCUT2D eigenvalue weighted by molar-refractivity contribution is -0.123. The zero-order valence-corrected chi connectivity index (χ0v) is 17.5. The van der Waals surface area contributed by atoms with Gasteiger partial charge in [0.15, 0.2) is 0 Å². The molecule has 1 fully saturated rings. The van der Waals surface area contributed by atoms with Crippen LogP contribution in [0.15, 0.2) is 47.0 Å². The Bertz CT molecular complexity index is 1020. The predicted octanol–water partition coefficient (Wildman–Crippen LogP) is 4.19. The van der Waals surface area contributed by atoms with Crippen molar-refractivity contribution in [3.8, 4) is 11.4 Å². The minimum absolute atomic E-state index is 0.0108. The van der Waals surface area contributed by atoms with Gasteiger partial charge in [-0.1, -0.05) is 62.3 Å². The second kappa shape index (κ2) is 7.59. The van der Waals surface area contributed by atoms with Gasteiger partial charge in [0.2, 0.25) is 17.6 Å². The number of rotatable bonds is 4. The highest BCUT2D eigenvalue weighted by atomic mass is 16.5. The van der Waals surface area contributed by atoms with Crippen LogP contribution >= 0.6 is 0 Å². The zero-order valence-electron chi connectivity index (χ0n) is 17.5. The normalized spacial score (nSPS) is 20.3. The van der Waals surface area contributed by atoms with E-state index in [4.69, 9.17) is 4.52 Å². The van der Waals surface area contributed by atoms with Crippen LogP contribution in [0, 0.1) is 5.41 Å². The van der Waals surface area contributed by atoms with E-state index in [2.05, 4.69) is 65.4 Å². The molecule has 2 heterocycles. The summed E-state index contributed by atoms with van der Waals surface area (Å²) in [6.45, 7) is 6.99. The van der Waals surface area contributed by atoms with Gasteiger partial charge in [0.25, 0.3) is 0 Å². The predicted molar refractivity (Wildman–Crippen MR) is 113 cm³/mol. The number of nitrogens with one attached hydrogen (secondary N) is 1. The molecule has 2 aromatic carbocycles. The van der Waals surface area contributed by atoms with Crippen LogP contribution in [-0.2, 0) is 4.79 Å². The van der Waals surface area contributed by atoms with Gasteiger partial charge >= 0.3 is 0 Å². The first-order valence-electron chi connectivity index (χ1n) is 10.1. The number of fused-ring (bicyclic) bond motifs is 1. The number of hydrogen-bond donors (Lipinski definition) is 1. The molecule has 1 amide bonds. The van der Waals surface area contributed by atoms with Crippen LogP contribution in [0.2, 0.25) is 0 Å². The first-order valence-corrected chi connectivity index (χ1v) is 10.1. The van der Waals surface area contributed by atoms with Crippen molar-refractivity contribution >= 4 is 16.7 Å². The number of hydrogen-bond acceptors (Lipinski definition) is 5. The Hall–Kier alpha value is -2.73. The van der Waals surface area contributed by atoms with Crippen molar-refractivity contribution in [1.29, 1.82) is 0 Å². The minimum atomic E-state index is -0.0186. The van der Waals surface area contributed by atoms with E-state index in [-0.39, 0.29) is 23.4 Å². The maximum absolute atomic E-state index is 12.3. The molecule has 1 aliphatic heterocycles. The van der Waals surface area contributed by atoms with E-state index >= 15 is 0 Å². The van der Waals surface area contributed by atoms with Gasteiger partial charge < -0.3 is 9.84 Å². The van der Waals surface area contributed by atoms with Crippen molar-refractivity contribution in [3.05, 3.63) is 48.4 Å². The Morgan fingerprint density at radius 1 is 1.21 bits per heavy atom. The summed E-state index contributed by atoms with van der Waals surface area (Å²) in [6, 6.07) is 14.5. The number of aromatic nitrogens is 2. The molecule has 4 rings (SSSR count). The lowest BCUT2D eigenvalue weighted by atomic mass is 9.92. The highest BCUT2D eigenvalue weighted by molar-refractivity contribution is 5.86. The smallest absolute Gasteiger partial charge is 0.244 e. The number of amides is 1. The number of benzene rings is 2. The van der Waals surface area contributed by atoms with Gasteiger partial charge in [-0.15, -0.1) is 0 Å². The number of carbonyl (C=O) groups excluding carboxylic acids is 1. The van der Waals surface area contributed by atoms with Gasteiger partial charge in [0, 0.05) is 24.6 Å². The molecule has 1 N–H and O–H groups in total. The largest absolute Gasteiger partial charge is 0.352 e. The number of nitrogens with zero attached hydrogens (tertiary/aromatic N) is 3. The van der Waals surface area contributed by atoms with Crippen molar-refractivity contribution < 1.29 is 9.32 Å². The van der Waals surface area contributed by atoms with Crippen LogP contribution in [0.25, 0.3) is 22.2 Å². The summed E-state index contributed by atoms with van der Waals surface area (Å²) < 4.78 is 5.60. The average molecular weight is 393 g/mol. The summed E-state index contributed by atoms with van der Waals surface area (Å²) in [5, 5.41) is 9.69. The van der Waals surface area contributed by atoms with Gasteiger partial charge in [-0.05, 0) is 35.7 Å². The third-order valence-corrected chi connectivity index (χ3v) is 5.34. The Morgan fingerprint density at radius 2 is 1.97 bits per heavy atom. The third-order valence-electron chi connectivity index (χ3n) is 5.34. The molecule has 0 radical (unpaired) electrons. The van der Waals surface area contributed by atoms with E-state index < -0.39 is 0 Å². The molecule has 0 bridgehead atoms. The molecule has 1 aromatic heterocycles. The second-order valence-electron chi connectivity index (χ2n) is 9.21. The fourth-order valence-electron chi connectivity index (χ4n) is 3.97. The first-order chi connectivity index (χ1) is 13.8. The topological polar surface area (TPSA) is 71.3 Å². The average Bonchev–Trinajstić information content (AvgIpc) is 3.26. The van der Waals surface area contributed by atoms with Crippen molar-refractivity contribution in [2.75, 3.05) is 13.6 Å². The fraction of sp³-hybridized carbons (Fsp3) is 0.435. The van der Waals surface area contributed by atoms with Crippen LogP contribution in [0.3, 0.4) is 0 Å². The number of likely N-dealkylation sites (tertiary alicyclic amines) is 1. The second-order valence-corrected chi connectivity index (χ2v) is 9.21. The van der Waals surface area contributed by atoms with E-state index in [1.165, 1.54) is 5.39 Å². The molecule has 152 valence electrons. The van der Waals surface area contributed by atoms with Gasteiger partial charge in [0.05, 0.1) is 6.04 Å². The van der Waals surface area contributed by atoms with E-state index in [1.54, 1.807) is 0 Å². The van der Waals surface area contributed by atoms with Gasteiger partial charge in [-0.2, -0.15) is 4.98 Å². The molecule has 1 saturated heterocycles. The fourth-order valence-corrected chi connectivity index (χ4v) is 3.97. The molecular formula is C23H28N4O2. The lowest BCUT2D eigenvalue weighted by Gasteiger charge is -2.19. The molecule has 29 heavy (non-hydrogen) atoms. The minimum Gasteiger partial charge on any atom is -0.352 e. The molecule has 0 spiro atoms. The highest BCUT2D eigenvalue weighted by Gasteiger charge is 2.35.